The van der Waals surface area contributed by atoms with Crippen molar-refractivity contribution in [2.24, 2.45) is 0 Å². The molecule has 9 heteroatoms. The average Bonchev–Trinajstić information content (AvgIpc) is 3.19. The number of nitrogens with zero attached hydrogens (tertiary/aromatic N) is 6. The number of hydrogen-bond acceptors (Lipinski definition) is 6. The van der Waals surface area contributed by atoms with E-state index in [2.05, 4.69) is 76.0 Å². The van der Waals surface area contributed by atoms with Crippen LogP contribution in [0.5, 0.6) is 0 Å². The fourth-order valence-electron chi connectivity index (χ4n) is 5.36. The lowest BCUT2D eigenvalue weighted by Crippen LogP contribution is -2.60. The first-order chi connectivity index (χ1) is 17.5. The predicted octanol–water partition coefficient (Wildman–Crippen LogP) is 5.58. The molecule has 0 bridgehead atoms. The number of aromatic nitrogens is 2. The first kappa shape index (κ1) is 27.5. The van der Waals surface area contributed by atoms with Gasteiger partial charge >= 0.3 is 6.09 Å². The smallest absolute Gasteiger partial charge is 0.410 e. The van der Waals surface area contributed by atoms with E-state index in [1.165, 1.54) is 5.56 Å². The van der Waals surface area contributed by atoms with Crippen molar-refractivity contribution in [1.82, 2.24) is 19.6 Å². The van der Waals surface area contributed by atoms with Gasteiger partial charge in [-0.25, -0.2) is 9.48 Å². The van der Waals surface area contributed by atoms with Crippen molar-refractivity contribution in [1.29, 1.82) is 5.26 Å². The Kier molecular flexibility index (Phi) is 8.20. The molecule has 2 saturated heterocycles. The average molecular weight is 572 g/mol. The third-order valence-corrected chi connectivity index (χ3v) is 8.26. The molecule has 3 heterocycles. The molecule has 2 aliphatic rings. The first-order valence-corrected chi connectivity index (χ1v) is 14.0. The molecule has 0 aliphatic carbocycles. The standard InChI is InChI=1S/C28H39BrN6O2/c1-6-28(5)20-32(19-21-10-8-7-9-11-21)16-17-34(28)25-24(29)23(18-30)35(31-25)22-12-14-33(15-13-22)26(36)37-27(2,3)4/h7-11,22H,6,12-17,19-20H2,1-5H3/t28-/m0/s1. The largest absolute Gasteiger partial charge is 0.444 e. The summed E-state index contributed by atoms with van der Waals surface area (Å²) in [6.07, 6.45) is 2.16. The topological polar surface area (TPSA) is 77.6 Å². The molecule has 0 saturated carbocycles. The number of anilines is 1. The molecule has 8 nitrogen and oxygen atoms in total. The van der Waals surface area contributed by atoms with E-state index in [1.54, 1.807) is 4.90 Å². The van der Waals surface area contributed by atoms with Gasteiger partial charge in [-0.1, -0.05) is 37.3 Å². The highest BCUT2D eigenvalue weighted by atomic mass is 79.9. The Morgan fingerprint density at radius 1 is 1.19 bits per heavy atom. The van der Waals surface area contributed by atoms with E-state index >= 15 is 0 Å². The lowest BCUT2D eigenvalue weighted by Gasteiger charge is -2.49. The van der Waals surface area contributed by atoms with Crippen LogP contribution < -0.4 is 4.90 Å². The Labute approximate surface area is 229 Å². The molecular formula is C28H39BrN6O2. The number of hydrogen-bond donors (Lipinski definition) is 0. The number of likely N-dealkylation sites (tertiary alicyclic amines) is 1. The molecule has 1 aromatic heterocycles. The molecule has 4 rings (SSSR count). The summed E-state index contributed by atoms with van der Waals surface area (Å²) >= 11 is 3.74. The quantitative estimate of drug-likeness (QED) is 0.467. The second-order valence-corrected chi connectivity index (χ2v) is 12.2. The van der Waals surface area contributed by atoms with Crippen molar-refractivity contribution in [2.45, 2.75) is 77.6 Å². The number of carbonyl (C=O) groups is 1. The van der Waals surface area contributed by atoms with E-state index in [9.17, 15) is 10.1 Å². The lowest BCUT2D eigenvalue weighted by atomic mass is 9.92. The lowest BCUT2D eigenvalue weighted by molar-refractivity contribution is 0.0184. The zero-order valence-electron chi connectivity index (χ0n) is 22.7. The van der Waals surface area contributed by atoms with Gasteiger partial charge in [0.2, 0.25) is 0 Å². The molecule has 200 valence electrons. The van der Waals surface area contributed by atoms with Crippen LogP contribution in [0.4, 0.5) is 10.6 Å². The van der Waals surface area contributed by atoms with Gasteiger partial charge in [-0.2, -0.15) is 10.4 Å². The molecule has 1 amide bonds. The molecule has 0 spiro atoms. The maximum Gasteiger partial charge on any atom is 0.410 e. The summed E-state index contributed by atoms with van der Waals surface area (Å²) < 4.78 is 8.19. The molecule has 1 atom stereocenters. The summed E-state index contributed by atoms with van der Waals surface area (Å²) in [5.41, 5.74) is 1.25. The van der Waals surface area contributed by atoms with Crippen LogP contribution >= 0.6 is 15.9 Å². The summed E-state index contributed by atoms with van der Waals surface area (Å²) in [6.45, 7) is 15.0. The number of carbonyl (C=O) groups excluding carboxylic acids is 1. The van der Waals surface area contributed by atoms with Gasteiger partial charge in [0, 0.05) is 39.3 Å². The summed E-state index contributed by atoms with van der Waals surface area (Å²) in [7, 11) is 0. The van der Waals surface area contributed by atoms with Crippen LogP contribution in [0.15, 0.2) is 34.8 Å². The Bertz CT molecular complexity index is 1130. The van der Waals surface area contributed by atoms with Crippen LogP contribution in [0.25, 0.3) is 0 Å². The third kappa shape index (κ3) is 6.12. The van der Waals surface area contributed by atoms with Gasteiger partial charge in [-0.05, 0) is 68.5 Å². The monoisotopic (exact) mass is 570 g/mol. The normalized spacial score (nSPS) is 21.6. The highest BCUT2D eigenvalue weighted by Gasteiger charge is 2.40. The van der Waals surface area contributed by atoms with Crippen molar-refractivity contribution < 1.29 is 9.53 Å². The number of benzene rings is 1. The second-order valence-electron chi connectivity index (χ2n) is 11.4. The van der Waals surface area contributed by atoms with Crippen LogP contribution in [-0.4, -0.2) is 69.5 Å². The second kappa shape index (κ2) is 11.0. The van der Waals surface area contributed by atoms with E-state index in [1.807, 2.05) is 25.5 Å². The maximum atomic E-state index is 12.5. The number of piperidine rings is 1. The summed E-state index contributed by atoms with van der Waals surface area (Å²) in [4.78, 5) is 19.2. The van der Waals surface area contributed by atoms with Gasteiger partial charge in [0.15, 0.2) is 11.5 Å². The molecule has 0 N–H and O–H groups in total. The van der Waals surface area contributed by atoms with Gasteiger partial charge in [0.25, 0.3) is 0 Å². The SMILES string of the molecule is CC[C@@]1(C)CN(Cc2ccccc2)CCN1c1nn(C2CCN(C(=O)OC(C)(C)C)CC2)c(C#N)c1Br. The number of halogens is 1. The van der Waals surface area contributed by atoms with Crippen LogP contribution in [0.2, 0.25) is 0 Å². The van der Waals surface area contributed by atoms with Gasteiger partial charge in [0.1, 0.15) is 11.7 Å². The Morgan fingerprint density at radius 2 is 1.86 bits per heavy atom. The third-order valence-electron chi connectivity index (χ3n) is 7.53. The maximum absolute atomic E-state index is 12.5. The Morgan fingerprint density at radius 3 is 2.46 bits per heavy atom. The molecule has 2 aromatic rings. The minimum atomic E-state index is -0.513. The van der Waals surface area contributed by atoms with E-state index in [0.717, 1.165) is 55.7 Å². The molecule has 0 unspecified atom stereocenters. The molecule has 1 aromatic carbocycles. The van der Waals surface area contributed by atoms with Crippen molar-refractivity contribution in [2.75, 3.05) is 37.6 Å². The van der Waals surface area contributed by atoms with Crippen molar-refractivity contribution in [3.63, 3.8) is 0 Å². The van der Waals surface area contributed by atoms with Crippen molar-refractivity contribution in [3.8, 4) is 6.07 Å². The zero-order valence-corrected chi connectivity index (χ0v) is 24.3. The summed E-state index contributed by atoms with van der Waals surface area (Å²) in [5.74, 6) is 0.842. The Balaban J connectivity index is 1.50. The van der Waals surface area contributed by atoms with Crippen LogP contribution in [-0.2, 0) is 11.3 Å². The van der Waals surface area contributed by atoms with Crippen LogP contribution in [0.1, 0.15) is 71.2 Å². The molecular weight excluding hydrogens is 532 g/mol. The first-order valence-electron chi connectivity index (χ1n) is 13.2. The fraction of sp³-hybridized carbons (Fsp3) is 0.607. The number of amides is 1. The van der Waals surface area contributed by atoms with Gasteiger partial charge < -0.3 is 14.5 Å². The van der Waals surface area contributed by atoms with Gasteiger partial charge in [-0.3, -0.25) is 4.90 Å². The van der Waals surface area contributed by atoms with E-state index in [-0.39, 0.29) is 17.7 Å². The molecule has 2 aliphatic heterocycles. The van der Waals surface area contributed by atoms with Crippen molar-refractivity contribution in [3.05, 3.63) is 46.1 Å². The minimum absolute atomic E-state index is 0.0608. The predicted molar refractivity (Wildman–Crippen MR) is 148 cm³/mol. The van der Waals surface area contributed by atoms with Gasteiger partial charge in [-0.15, -0.1) is 0 Å². The van der Waals surface area contributed by atoms with E-state index < -0.39 is 5.60 Å². The number of nitriles is 1. The molecule has 2 fully saturated rings. The highest BCUT2D eigenvalue weighted by molar-refractivity contribution is 9.10. The fourth-order valence-corrected chi connectivity index (χ4v) is 5.92. The van der Waals surface area contributed by atoms with E-state index in [0.29, 0.717) is 18.8 Å². The highest BCUT2D eigenvalue weighted by Crippen LogP contribution is 2.39. The zero-order chi connectivity index (χ0) is 26.8. The molecule has 37 heavy (non-hydrogen) atoms. The Hall–Kier alpha value is -2.57. The molecule has 0 radical (unpaired) electrons. The van der Waals surface area contributed by atoms with Crippen LogP contribution in [0.3, 0.4) is 0 Å². The summed E-state index contributed by atoms with van der Waals surface area (Å²) in [5, 5.41) is 15.1. The number of ether oxygens (including phenoxy) is 1. The van der Waals surface area contributed by atoms with Crippen LogP contribution in [0, 0.1) is 11.3 Å². The summed E-state index contributed by atoms with van der Waals surface area (Å²) in [6, 6.07) is 13.0. The number of rotatable bonds is 5. The van der Waals surface area contributed by atoms with Crippen molar-refractivity contribution >= 4 is 27.8 Å². The minimum Gasteiger partial charge on any atom is -0.444 e. The van der Waals surface area contributed by atoms with Gasteiger partial charge in [0.05, 0.1) is 16.1 Å². The van der Waals surface area contributed by atoms with E-state index in [4.69, 9.17) is 9.84 Å². The number of piperazine rings is 1.